The molecular weight excluding hydrogens is 398 g/mol. The standard InChI is InChI=1S/C23H29N3O5/c1-15(2)20(26-23(29)31-14-17-7-5-4-6-8-17)21(27)25-19(22(28)30-3)13-16-9-11-18(24)12-10-16/h4-12,15,19-20H,13-14,24H2,1-3H3,(H,25,27)(H,26,29)/t19-,20-/m0/s1. The lowest BCUT2D eigenvalue weighted by molar-refractivity contribution is -0.145. The molecule has 2 aromatic rings. The van der Waals surface area contributed by atoms with Gasteiger partial charge in [0.2, 0.25) is 5.91 Å². The second kappa shape index (κ2) is 11.6. The summed E-state index contributed by atoms with van der Waals surface area (Å²) in [6.45, 7) is 3.66. The molecule has 2 amide bonds. The van der Waals surface area contributed by atoms with Gasteiger partial charge in [-0.05, 0) is 29.2 Å². The minimum Gasteiger partial charge on any atom is -0.467 e. The van der Waals surface area contributed by atoms with Crippen LogP contribution < -0.4 is 16.4 Å². The number of benzene rings is 2. The number of amides is 2. The first kappa shape index (κ1) is 23.7. The number of rotatable bonds is 9. The summed E-state index contributed by atoms with van der Waals surface area (Å²) in [4.78, 5) is 37.3. The van der Waals surface area contributed by atoms with Crippen LogP contribution in [0.25, 0.3) is 0 Å². The van der Waals surface area contributed by atoms with Crippen molar-refractivity contribution in [2.75, 3.05) is 12.8 Å². The number of nitrogens with one attached hydrogen (secondary N) is 2. The van der Waals surface area contributed by atoms with Crippen molar-refractivity contribution in [2.24, 2.45) is 5.92 Å². The third kappa shape index (κ3) is 7.65. The molecule has 8 nitrogen and oxygen atoms in total. The third-order valence-electron chi connectivity index (χ3n) is 4.66. The lowest BCUT2D eigenvalue weighted by Gasteiger charge is -2.24. The highest BCUT2D eigenvalue weighted by Crippen LogP contribution is 2.10. The number of hydrogen-bond acceptors (Lipinski definition) is 6. The Bertz CT molecular complexity index is 869. The molecule has 0 bridgehead atoms. The number of anilines is 1. The van der Waals surface area contributed by atoms with Crippen LogP contribution in [0.1, 0.15) is 25.0 Å². The highest BCUT2D eigenvalue weighted by Gasteiger charge is 2.29. The van der Waals surface area contributed by atoms with Crippen LogP contribution in [0.3, 0.4) is 0 Å². The molecule has 8 heteroatoms. The summed E-state index contributed by atoms with van der Waals surface area (Å²) in [5.74, 6) is -1.32. The van der Waals surface area contributed by atoms with E-state index in [0.29, 0.717) is 5.69 Å². The molecule has 0 saturated heterocycles. The van der Waals surface area contributed by atoms with E-state index in [1.807, 2.05) is 30.3 Å². The molecule has 0 aliphatic heterocycles. The van der Waals surface area contributed by atoms with Crippen LogP contribution in [-0.2, 0) is 32.1 Å². The molecule has 0 unspecified atom stereocenters. The number of nitrogens with two attached hydrogens (primary N) is 1. The summed E-state index contributed by atoms with van der Waals surface area (Å²) in [7, 11) is 1.25. The number of carbonyl (C=O) groups excluding carboxylic acids is 3. The van der Waals surface area contributed by atoms with Crippen LogP contribution in [0.2, 0.25) is 0 Å². The minimum absolute atomic E-state index is 0.0844. The van der Waals surface area contributed by atoms with Crippen molar-refractivity contribution in [2.45, 2.75) is 39.0 Å². The average molecular weight is 428 g/mol. The van der Waals surface area contributed by atoms with Gasteiger partial charge in [-0.1, -0.05) is 56.3 Å². The maximum atomic E-state index is 12.9. The van der Waals surface area contributed by atoms with Crippen LogP contribution >= 0.6 is 0 Å². The molecule has 2 atom stereocenters. The summed E-state index contributed by atoms with van der Waals surface area (Å²) in [5.41, 5.74) is 7.93. The molecule has 2 rings (SSSR count). The van der Waals surface area contributed by atoms with E-state index >= 15 is 0 Å². The molecule has 0 heterocycles. The fourth-order valence-corrected chi connectivity index (χ4v) is 2.91. The zero-order valence-corrected chi connectivity index (χ0v) is 18.0. The van der Waals surface area contributed by atoms with Crippen LogP contribution in [-0.4, -0.2) is 37.2 Å². The van der Waals surface area contributed by atoms with Crippen molar-refractivity contribution in [1.29, 1.82) is 0 Å². The molecule has 0 saturated carbocycles. The zero-order chi connectivity index (χ0) is 22.8. The number of alkyl carbamates (subject to hydrolysis) is 1. The number of hydrogen-bond donors (Lipinski definition) is 3. The predicted octanol–water partition coefficient (Wildman–Crippen LogP) is 2.42. The number of esters is 1. The molecule has 166 valence electrons. The normalized spacial score (nSPS) is 12.5. The Hall–Kier alpha value is -3.55. The van der Waals surface area contributed by atoms with Crippen LogP contribution in [0, 0.1) is 5.92 Å². The quantitative estimate of drug-likeness (QED) is 0.418. The van der Waals surface area contributed by atoms with E-state index in [2.05, 4.69) is 10.6 Å². The van der Waals surface area contributed by atoms with E-state index in [-0.39, 0.29) is 18.9 Å². The number of carbonyl (C=O) groups is 3. The van der Waals surface area contributed by atoms with Crippen LogP contribution in [0.4, 0.5) is 10.5 Å². The molecular formula is C23H29N3O5. The van der Waals surface area contributed by atoms with Crippen molar-refractivity contribution < 1.29 is 23.9 Å². The molecule has 0 aliphatic rings. The number of methoxy groups -OCH3 is 1. The van der Waals surface area contributed by atoms with Crippen molar-refractivity contribution in [1.82, 2.24) is 10.6 Å². The lowest BCUT2D eigenvalue weighted by Crippen LogP contribution is -2.54. The number of ether oxygens (including phenoxy) is 2. The van der Waals surface area contributed by atoms with E-state index in [4.69, 9.17) is 15.2 Å². The maximum Gasteiger partial charge on any atom is 0.408 e. The summed E-state index contributed by atoms with van der Waals surface area (Å²) < 4.78 is 10.0. The Kier molecular flexibility index (Phi) is 8.87. The second-order valence-corrected chi connectivity index (χ2v) is 7.46. The van der Waals surface area contributed by atoms with Crippen molar-refractivity contribution in [3.05, 3.63) is 65.7 Å². The van der Waals surface area contributed by atoms with E-state index in [1.54, 1.807) is 38.1 Å². The minimum atomic E-state index is -0.912. The summed E-state index contributed by atoms with van der Waals surface area (Å²) >= 11 is 0. The van der Waals surface area contributed by atoms with Crippen LogP contribution in [0.5, 0.6) is 0 Å². The molecule has 31 heavy (non-hydrogen) atoms. The van der Waals surface area contributed by atoms with Gasteiger partial charge in [0.05, 0.1) is 7.11 Å². The summed E-state index contributed by atoms with van der Waals surface area (Å²) in [5, 5.41) is 5.25. The highest BCUT2D eigenvalue weighted by molar-refractivity contribution is 5.90. The highest BCUT2D eigenvalue weighted by atomic mass is 16.5. The first-order valence-corrected chi connectivity index (χ1v) is 10.00. The fourth-order valence-electron chi connectivity index (χ4n) is 2.91. The van der Waals surface area contributed by atoms with Gasteiger partial charge in [0.15, 0.2) is 0 Å². The molecule has 0 fully saturated rings. The zero-order valence-electron chi connectivity index (χ0n) is 18.0. The Morgan fingerprint density at radius 2 is 1.58 bits per heavy atom. The van der Waals surface area contributed by atoms with Gasteiger partial charge in [0.1, 0.15) is 18.7 Å². The smallest absolute Gasteiger partial charge is 0.408 e. The maximum absolute atomic E-state index is 12.9. The fraction of sp³-hybridized carbons (Fsp3) is 0.348. The van der Waals surface area contributed by atoms with Gasteiger partial charge in [-0.3, -0.25) is 4.79 Å². The molecule has 0 radical (unpaired) electrons. The first-order valence-electron chi connectivity index (χ1n) is 10.00. The van der Waals surface area contributed by atoms with Crippen molar-refractivity contribution in [3.63, 3.8) is 0 Å². The second-order valence-electron chi connectivity index (χ2n) is 7.46. The third-order valence-corrected chi connectivity index (χ3v) is 4.66. The van der Waals surface area contributed by atoms with Gasteiger partial charge in [0.25, 0.3) is 0 Å². The van der Waals surface area contributed by atoms with E-state index in [0.717, 1.165) is 11.1 Å². The first-order chi connectivity index (χ1) is 14.8. The molecule has 2 aromatic carbocycles. The van der Waals surface area contributed by atoms with Gasteiger partial charge < -0.3 is 25.8 Å². The number of nitrogen functional groups attached to an aromatic ring is 1. The van der Waals surface area contributed by atoms with Gasteiger partial charge in [-0.25, -0.2) is 9.59 Å². The van der Waals surface area contributed by atoms with Gasteiger partial charge >= 0.3 is 12.1 Å². The van der Waals surface area contributed by atoms with E-state index in [9.17, 15) is 14.4 Å². The Morgan fingerprint density at radius 3 is 2.16 bits per heavy atom. The largest absolute Gasteiger partial charge is 0.467 e. The van der Waals surface area contributed by atoms with Crippen LogP contribution in [0.15, 0.2) is 54.6 Å². The van der Waals surface area contributed by atoms with Crippen molar-refractivity contribution in [3.8, 4) is 0 Å². The van der Waals surface area contributed by atoms with Gasteiger partial charge in [0, 0.05) is 12.1 Å². The Balaban J connectivity index is 2.00. The van der Waals surface area contributed by atoms with E-state index < -0.39 is 30.1 Å². The summed E-state index contributed by atoms with van der Waals surface area (Å²) in [6.07, 6.45) is -0.493. The van der Waals surface area contributed by atoms with E-state index in [1.165, 1.54) is 7.11 Å². The van der Waals surface area contributed by atoms with Crippen molar-refractivity contribution >= 4 is 23.7 Å². The molecule has 0 aliphatic carbocycles. The average Bonchev–Trinajstić information content (AvgIpc) is 2.76. The SMILES string of the molecule is COC(=O)[C@H](Cc1ccc(N)cc1)NC(=O)[C@@H](NC(=O)OCc1ccccc1)C(C)C. The Labute approximate surface area is 182 Å². The monoisotopic (exact) mass is 427 g/mol. The lowest BCUT2D eigenvalue weighted by atomic mass is 10.0. The van der Waals surface area contributed by atoms with Gasteiger partial charge in [-0.15, -0.1) is 0 Å². The molecule has 0 aromatic heterocycles. The van der Waals surface area contributed by atoms with Gasteiger partial charge in [-0.2, -0.15) is 0 Å². The summed E-state index contributed by atoms with van der Waals surface area (Å²) in [6, 6.07) is 14.4. The molecule has 4 N–H and O–H groups in total. The Morgan fingerprint density at radius 1 is 0.935 bits per heavy atom. The topological polar surface area (TPSA) is 120 Å². The molecule has 0 spiro atoms. The predicted molar refractivity (Wildman–Crippen MR) is 117 cm³/mol.